The minimum Gasteiger partial charge on any atom is -0.457 e. The van der Waals surface area contributed by atoms with Crippen molar-refractivity contribution >= 4 is 28.4 Å². The summed E-state index contributed by atoms with van der Waals surface area (Å²) < 4.78 is 5.81. The van der Waals surface area contributed by atoms with Crippen molar-refractivity contribution < 1.29 is 9.53 Å². The second kappa shape index (κ2) is 9.43. The molecule has 0 fully saturated rings. The number of anilines is 1. The molecule has 1 heterocycles. The van der Waals surface area contributed by atoms with Gasteiger partial charge < -0.3 is 9.64 Å². The van der Waals surface area contributed by atoms with Gasteiger partial charge in [-0.3, -0.25) is 9.79 Å². The quantitative estimate of drug-likeness (QED) is 0.499. The zero-order chi connectivity index (χ0) is 19.9. The fourth-order valence-corrected chi connectivity index (χ4v) is 4.02. The number of Topliss-reactive ketones (excluding diaryl/α,β-unsaturated/α-hetero) is 1. The van der Waals surface area contributed by atoms with Crippen molar-refractivity contribution in [2.24, 2.45) is 4.99 Å². The molecule has 3 aromatic rings. The number of aliphatic imine (C=N–C) groups is 1. The van der Waals surface area contributed by atoms with E-state index in [0.29, 0.717) is 11.3 Å². The summed E-state index contributed by atoms with van der Waals surface area (Å²) in [4.78, 5) is 19.7. The van der Waals surface area contributed by atoms with E-state index in [1.165, 1.54) is 0 Å². The number of ketones is 1. The molecule has 146 valence electrons. The van der Waals surface area contributed by atoms with Crippen molar-refractivity contribution in [1.29, 1.82) is 0 Å². The van der Waals surface area contributed by atoms with Crippen LogP contribution < -0.4 is 9.64 Å². The number of hydrogen-bond donors (Lipinski definition) is 0. The van der Waals surface area contributed by atoms with E-state index in [9.17, 15) is 4.79 Å². The number of nitrogens with zero attached hydrogens (tertiary/aromatic N) is 2. The average Bonchev–Trinajstić information content (AvgIpc) is 2.80. The van der Waals surface area contributed by atoms with Crippen molar-refractivity contribution in [1.82, 2.24) is 0 Å². The van der Waals surface area contributed by atoms with Gasteiger partial charge in [-0.2, -0.15) is 0 Å². The Morgan fingerprint density at radius 3 is 2.21 bits per heavy atom. The molecule has 0 unspecified atom stereocenters. The topological polar surface area (TPSA) is 41.9 Å². The number of rotatable bonds is 6. The molecule has 1 aliphatic heterocycles. The Bertz CT molecular complexity index is 973. The van der Waals surface area contributed by atoms with Crippen molar-refractivity contribution in [2.75, 3.05) is 23.7 Å². The third-order valence-corrected chi connectivity index (χ3v) is 5.64. The molecule has 0 spiro atoms. The molecule has 0 amide bonds. The molecule has 29 heavy (non-hydrogen) atoms. The van der Waals surface area contributed by atoms with Crippen LogP contribution in [0.3, 0.4) is 0 Å². The Labute approximate surface area is 175 Å². The molecule has 0 aromatic heterocycles. The highest BCUT2D eigenvalue weighted by Crippen LogP contribution is 2.24. The Morgan fingerprint density at radius 2 is 1.55 bits per heavy atom. The SMILES string of the molecule is O=C(CN(C1=NCCCS1)c1ccccc1)c1ccc(Oc2ccccc2)cc1. The standard InChI is InChI=1S/C24H22N2O2S/c27-23(19-12-14-22(15-13-19)28-21-10-5-2-6-11-21)18-26(20-8-3-1-4-9-20)24-25-16-7-17-29-24/h1-6,8-15H,7,16-18H2. The Morgan fingerprint density at radius 1 is 0.897 bits per heavy atom. The lowest BCUT2D eigenvalue weighted by atomic mass is 10.1. The lowest BCUT2D eigenvalue weighted by Gasteiger charge is -2.27. The molecule has 0 saturated heterocycles. The van der Waals surface area contributed by atoms with E-state index >= 15 is 0 Å². The molecule has 0 bridgehead atoms. The van der Waals surface area contributed by atoms with Gasteiger partial charge in [-0.25, -0.2) is 0 Å². The number of hydrogen-bond acceptors (Lipinski definition) is 5. The molecule has 0 radical (unpaired) electrons. The van der Waals surface area contributed by atoms with Crippen LogP contribution in [0.15, 0.2) is 89.9 Å². The molecule has 5 heteroatoms. The van der Waals surface area contributed by atoms with Crippen molar-refractivity contribution in [3.8, 4) is 11.5 Å². The second-order valence-corrected chi connectivity index (χ2v) is 7.71. The van der Waals surface area contributed by atoms with Crippen molar-refractivity contribution in [3.63, 3.8) is 0 Å². The molecule has 4 rings (SSSR count). The maximum Gasteiger partial charge on any atom is 0.182 e. The van der Waals surface area contributed by atoms with Crippen LogP contribution >= 0.6 is 11.8 Å². The van der Waals surface area contributed by atoms with E-state index in [0.717, 1.165) is 35.3 Å². The van der Waals surface area contributed by atoms with Gasteiger partial charge in [-0.05, 0) is 55.0 Å². The number of amidine groups is 1. The number of benzene rings is 3. The van der Waals surface area contributed by atoms with Gasteiger partial charge in [-0.1, -0.05) is 48.2 Å². The zero-order valence-electron chi connectivity index (χ0n) is 16.0. The molecule has 0 N–H and O–H groups in total. The van der Waals surface area contributed by atoms with Gasteiger partial charge in [0.1, 0.15) is 11.5 Å². The van der Waals surface area contributed by atoms with E-state index < -0.39 is 0 Å². The zero-order valence-corrected chi connectivity index (χ0v) is 16.8. The van der Waals surface area contributed by atoms with Gasteiger partial charge in [0.25, 0.3) is 0 Å². The number of ether oxygens (including phenoxy) is 1. The van der Waals surface area contributed by atoms with Crippen LogP contribution in [0.25, 0.3) is 0 Å². The van der Waals surface area contributed by atoms with E-state index in [1.54, 1.807) is 11.8 Å². The first-order valence-corrected chi connectivity index (χ1v) is 10.6. The molecule has 4 nitrogen and oxygen atoms in total. The number of thioether (sulfide) groups is 1. The molecular formula is C24H22N2O2S. The Hall–Kier alpha value is -3.05. The fraction of sp³-hybridized carbons (Fsp3) is 0.167. The predicted molar refractivity (Wildman–Crippen MR) is 120 cm³/mol. The number of para-hydroxylation sites is 2. The van der Waals surface area contributed by atoms with E-state index in [-0.39, 0.29) is 12.3 Å². The monoisotopic (exact) mass is 402 g/mol. The second-order valence-electron chi connectivity index (χ2n) is 6.65. The Kier molecular flexibility index (Phi) is 6.27. The normalized spacial score (nSPS) is 13.4. The van der Waals surface area contributed by atoms with Crippen LogP contribution in [0.1, 0.15) is 16.8 Å². The molecular weight excluding hydrogens is 380 g/mol. The summed E-state index contributed by atoms with van der Waals surface area (Å²) in [6.45, 7) is 1.07. The van der Waals surface area contributed by atoms with E-state index in [4.69, 9.17) is 4.74 Å². The average molecular weight is 403 g/mol. The molecule has 1 aliphatic rings. The highest BCUT2D eigenvalue weighted by atomic mass is 32.2. The minimum atomic E-state index is 0.0500. The van der Waals surface area contributed by atoms with E-state index in [1.807, 2.05) is 89.8 Å². The third kappa shape index (κ3) is 5.06. The largest absolute Gasteiger partial charge is 0.457 e. The number of carbonyl (C=O) groups is 1. The summed E-state index contributed by atoms with van der Waals surface area (Å²) in [7, 11) is 0. The fourth-order valence-electron chi connectivity index (χ4n) is 3.06. The van der Waals surface area contributed by atoms with Gasteiger partial charge >= 0.3 is 0 Å². The number of carbonyl (C=O) groups excluding carboxylic acids is 1. The first-order valence-electron chi connectivity index (χ1n) is 9.65. The Balaban J connectivity index is 1.49. The van der Waals surface area contributed by atoms with E-state index in [2.05, 4.69) is 4.99 Å². The highest BCUT2D eigenvalue weighted by Gasteiger charge is 2.20. The summed E-state index contributed by atoms with van der Waals surface area (Å²) >= 11 is 1.71. The summed E-state index contributed by atoms with van der Waals surface area (Å²) in [5.74, 6) is 2.56. The van der Waals surface area contributed by atoms with Gasteiger partial charge in [0.2, 0.25) is 0 Å². The minimum absolute atomic E-state index is 0.0500. The van der Waals surface area contributed by atoms with Crippen LogP contribution in [0, 0.1) is 0 Å². The van der Waals surface area contributed by atoms with Gasteiger partial charge in [-0.15, -0.1) is 0 Å². The third-order valence-electron chi connectivity index (χ3n) is 4.54. The van der Waals surface area contributed by atoms with Crippen molar-refractivity contribution in [3.05, 3.63) is 90.5 Å². The van der Waals surface area contributed by atoms with Crippen molar-refractivity contribution in [2.45, 2.75) is 6.42 Å². The smallest absolute Gasteiger partial charge is 0.182 e. The maximum atomic E-state index is 13.0. The lowest BCUT2D eigenvalue weighted by molar-refractivity contribution is 0.100. The predicted octanol–water partition coefficient (Wildman–Crippen LogP) is 5.66. The van der Waals surface area contributed by atoms with Crippen LogP contribution in [-0.4, -0.2) is 29.8 Å². The molecule has 0 atom stereocenters. The van der Waals surface area contributed by atoms with Crippen LogP contribution in [0.4, 0.5) is 5.69 Å². The summed E-state index contributed by atoms with van der Waals surface area (Å²) in [5, 5.41) is 0.917. The van der Waals surface area contributed by atoms with Crippen LogP contribution in [0.5, 0.6) is 11.5 Å². The van der Waals surface area contributed by atoms with Gasteiger partial charge in [0, 0.05) is 23.5 Å². The summed E-state index contributed by atoms with van der Waals surface area (Å²) in [5.41, 5.74) is 1.64. The maximum absolute atomic E-state index is 13.0. The van der Waals surface area contributed by atoms with Gasteiger partial charge in [0.15, 0.2) is 11.0 Å². The lowest BCUT2D eigenvalue weighted by Crippen LogP contribution is -2.35. The molecule has 3 aromatic carbocycles. The highest BCUT2D eigenvalue weighted by molar-refractivity contribution is 8.14. The summed E-state index contributed by atoms with van der Waals surface area (Å²) in [6.07, 6.45) is 1.08. The summed E-state index contributed by atoms with van der Waals surface area (Å²) in [6, 6.07) is 26.9. The molecule has 0 aliphatic carbocycles. The first kappa shape index (κ1) is 19.3. The van der Waals surface area contributed by atoms with Crippen LogP contribution in [-0.2, 0) is 0 Å². The van der Waals surface area contributed by atoms with Crippen LogP contribution in [0.2, 0.25) is 0 Å². The van der Waals surface area contributed by atoms with Gasteiger partial charge in [0.05, 0.1) is 6.54 Å². The molecule has 0 saturated carbocycles. The first-order chi connectivity index (χ1) is 14.3.